The van der Waals surface area contributed by atoms with E-state index in [9.17, 15) is 9.18 Å². The van der Waals surface area contributed by atoms with Crippen LogP contribution in [0, 0.1) is 11.7 Å². The number of hydrogen-bond donors (Lipinski definition) is 4. The number of urea groups is 1. The highest BCUT2D eigenvalue weighted by Gasteiger charge is 2.17. The Morgan fingerprint density at radius 3 is 2.71 bits per heavy atom. The fourth-order valence-corrected chi connectivity index (χ4v) is 3.61. The van der Waals surface area contributed by atoms with Crippen molar-refractivity contribution in [2.24, 2.45) is 5.92 Å². The summed E-state index contributed by atoms with van der Waals surface area (Å²) in [5.74, 6) is 0.380. The van der Waals surface area contributed by atoms with E-state index in [1.807, 2.05) is 31.2 Å². The lowest BCUT2D eigenvalue weighted by atomic mass is 10.0. The van der Waals surface area contributed by atoms with Crippen molar-refractivity contribution >= 4 is 23.0 Å². The smallest absolute Gasteiger partial charge is 0.321 e. The van der Waals surface area contributed by atoms with Gasteiger partial charge in [-0.25, -0.2) is 14.2 Å². The van der Waals surface area contributed by atoms with E-state index in [-0.39, 0.29) is 17.7 Å². The predicted octanol–water partition coefficient (Wildman–Crippen LogP) is 4.71. The van der Waals surface area contributed by atoms with Crippen LogP contribution < -0.4 is 16.0 Å². The van der Waals surface area contributed by atoms with Gasteiger partial charge in [0.1, 0.15) is 17.0 Å². The molecule has 4 rings (SSSR count). The molecule has 0 saturated heterocycles. The summed E-state index contributed by atoms with van der Waals surface area (Å²) >= 11 is 0. The van der Waals surface area contributed by atoms with E-state index >= 15 is 0 Å². The Labute approximate surface area is 197 Å². The summed E-state index contributed by atoms with van der Waals surface area (Å²) in [4.78, 5) is 28.4. The van der Waals surface area contributed by atoms with Gasteiger partial charge in [0.2, 0.25) is 5.95 Å². The van der Waals surface area contributed by atoms with Gasteiger partial charge in [-0.2, -0.15) is 0 Å². The van der Waals surface area contributed by atoms with E-state index in [0.29, 0.717) is 35.6 Å². The number of carbonyl (C=O) groups excluding carboxylic acids is 1. The number of halogens is 1. The molecule has 0 aliphatic carbocycles. The molecule has 4 N–H and O–H groups in total. The van der Waals surface area contributed by atoms with Gasteiger partial charge in [-0.15, -0.1) is 0 Å². The molecule has 0 atom stereocenters. The van der Waals surface area contributed by atoms with Gasteiger partial charge in [-0.05, 0) is 55.3 Å². The van der Waals surface area contributed by atoms with E-state index in [1.165, 1.54) is 12.3 Å². The highest BCUT2D eigenvalue weighted by atomic mass is 19.1. The number of amides is 2. The van der Waals surface area contributed by atoms with Gasteiger partial charge >= 0.3 is 6.03 Å². The van der Waals surface area contributed by atoms with Crippen LogP contribution in [0.4, 0.5) is 15.1 Å². The van der Waals surface area contributed by atoms with Crippen LogP contribution in [0.5, 0.6) is 0 Å². The zero-order valence-corrected chi connectivity index (χ0v) is 19.4. The number of H-pyrrole nitrogens is 1. The zero-order chi connectivity index (χ0) is 24.1. The Kier molecular flexibility index (Phi) is 7.12. The van der Waals surface area contributed by atoms with Gasteiger partial charge in [-0.3, -0.25) is 15.3 Å². The molecule has 176 valence electrons. The first kappa shape index (κ1) is 23.3. The molecule has 0 spiro atoms. The van der Waals surface area contributed by atoms with Crippen molar-refractivity contribution in [3.63, 3.8) is 0 Å². The molecule has 4 aromatic rings. The number of aromatic nitrogens is 4. The molecule has 34 heavy (non-hydrogen) atoms. The fraction of sp³-hybridized carbons (Fsp3) is 0.280. The molecule has 3 heterocycles. The van der Waals surface area contributed by atoms with Crippen LogP contribution in [0.1, 0.15) is 26.5 Å². The van der Waals surface area contributed by atoms with E-state index < -0.39 is 5.82 Å². The summed E-state index contributed by atoms with van der Waals surface area (Å²) in [6, 6.07) is 10.2. The lowest BCUT2D eigenvalue weighted by molar-refractivity contribution is 0.252. The van der Waals surface area contributed by atoms with Crippen molar-refractivity contribution in [3.05, 3.63) is 60.3 Å². The summed E-state index contributed by atoms with van der Waals surface area (Å²) in [5.41, 5.74) is 4.51. The minimum atomic E-state index is -0.452. The number of anilines is 1. The molecule has 0 aliphatic heterocycles. The molecule has 3 aromatic heterocycles. The lowest BCUT2D eigenvalue weighted by Gasteiger charge is -2.09. The Balaban J connectivity index is 1.72. The van der Waals surface area contributed by atoms with Gasteiger partial charge in [0.05, 0.1) is 11.2 Å². The maximum Gasteiger partial charge on any atom is 0.321 e. The predicted molar refractivity (Wildman–Crippen MR) is 132 cm³/mol. The summed E-state index contributed by atoms with van der Waals surface area (Å²) in [6.45, 7) is 8.24. The highest BCUT2D eigenvalue weighted by Crippen LogP contribution is 2.34. The number of fused-ring (bicyclic) bond motifs is 1. The van der Waals surface area contributed by atoms with E-state index in [4.69, 9.17) is 0 Å². The average molecular weight is 462 g/mol. The van der Waals surface area contributed by atoms with Gasteiger partial charge in [-0.1, -0.05) is 19.9 Å². The molecule has 0 aliphatic rings. The highest BCUT2D eigenvalue weighted by molar-refractivity contribution is 5.98. The second kappa shape index (κ2) is 10.4. The van der Waals surface area contributed by atoms with Crippen LogP contribution in [0.3, 0.4) is 0 Å². The third-order valence-electron chi connectivity index (χ3n) is 5.19. The summed E-state index contributed by atoms with van der Waals surface area (Å²) < 4.78 is 14.7. The molecule has 8 nitrogen and oxygen atoms in total. The molecule has 2 amide bonds. The van der Waals surface area contributed by atoms with Crippen molar-refractivity contribution in [1.29, 1.82) is 0 Å². The summed E-state index contributed by atoms with van der Waals surface area (Å²) in [7, 11) is 0. The number of nitrogens with zero attached hydrogens (tertiary/aromatic N) is 3. The van der Waals surface area contributed by atoms with E-state index in [2.05, 4.69) is 49.7 Å². The van der Waals surface area contributed by atoms with Gasteiger partial charge in [0, 0.05) is 36.6 Å². The number of carbonyl (C=O) groups is 1. The van der Waals surface area contributed by atoms with Crippen LogP contribution in [-0.4, -0.2) is 39.1 Å². The van der Waals surface area contributed by atoms with Crippen LogP contribution >= 0.6 is 0 Å². The number of benzene rings is 1. The van der Waals surface area contributed by atoms with Crippen LogP contribution in [0.2, 0.25) is 0 Å². The van der Waals surface area contributed by atoms with Gasteiger partial charge < -0.3 is 15.6 Å². The van der Waals surface area contributed by atoms with Crippen LogP contribution in [0.15, 0.2) is 48.8 Å². The second-order valence-electron chi connectivity index (χ2n) is 8.39. The first-order valence-corrected chi connectivity index (χ1v) is 11.3. The van der Waals surface area contributed by atoms with Crippen molar-refractivity contribution in [1.82, 2.24) is 30.6 Å². The third kappa shape index (κ3) is 5.37. The normalized spacial score (nSPS) is 11.2. The number of hydrogen-bond acceptors (Lipinski definition) is 5. The molecule has 0 bridgehead atoms. The Bertz CT molecular complexity index is 1280. The number of imidazole rings is 1. The third-order valence-corrected chi connectivity index (χ3v) is 5.19. The topological polar surface area (TPSA) is 108 Å². The molecule has 9 heteroatoms. The minimum Gasteiger partial charge on any atom is -0.338 e. The van der Waals surface area contributed by atoms with Gasteiger partial charge in [0.15, 0.2) is 0 Å². The molecular formula is C25H28FN7O. The Morgan fingerprint density at radius 2 is 2.00 bits per heavy atom. The first-order chi connectivity index (χ1) is 16.4. The number of rotatable bonds is 8. The largest absolute Gasteiger partial charge is 0.338 e. The van der Waals surface area contributed by atoms with E-state index in [1.54, 1.807) is 12.3 Å². The number of aromatic amines is 1. The average Bonchev–Trinajstić information content (AvgIpc) is 3.21. The lowest BCUT2D eigenvalue weighted by Crippen LogP contribution is -2.28. The van der Waals surface area contributed by atoms with Crippen molar-refractivity contribution in [2.75, 3.05) is 18.4 Å². The molecular weight excluding hydrogens is 433 g/mol. The van der Waals surface area contributed by atoms with Crippen molar-refractivity contribution in [3.8, 4) is 22.4 Å². The monoisotopic (exact) mass is 461 g/mol. The molecule has 0 unspecified atom stereocenters. The SMILES string of the molecule is CCNC(=O)Nc1nc2c(-c3ncccc3F)cc(-c3ccc(CNCC(C)C)nc3)cc2[nH]1. The summed E-state index contributed by atoms with van der Waals surface area (Å²) in [6.07, 6.45) is 3.34. The standard InChI is InChI=1S/C25H28FN7O/c1-4-28-25(34)33-24-31-21-11-17(16-7-8-18(30-13-16)14-27-12-15(2)3)10-19(23(21)32-24)22-20(26)6-5-9-29-22/h5-11,13,15,27H,4,12,14H2,1-3H3,(H3,28,31,32,33,34). The zero-order valence-electron chi connectivity index (χ0n) is 19.4. The van der Waals surface area contributed by atoms with Gasteiger partial charge in [0.25, 0.3) is 0 Å². The molecule has 1 aromatic carbocycles. The Morgan fingerprint density at radius 1 is 1.15 bits per heavy atom. The maximum atomic E-state index is 14.7. The van der Waals surface area contributed by atoms with Crippen molar-refractivity contribution < 1.29 is 9.18 Å². The van der Waals surface area contributed by atoms with Crippen molar-refractivity contribution in [2.45, 2.75) is 27.3 Å². The summed E-state index contributed by atoms with van der Waals surface area (Å²) in [5, 5.41) is 8.71. The first-order valence-electron chi connectivity index (χ1n) is 11.3. The molecule has 0 saturated carbocycles. The number of pyridine rings is 2. The minimum absolute atomic E-state index is 0.188. The van der Waals surface area contributed by atoms with Crippen LogP contribution in [-0.2, 0) is 6.54 Å². The maximum absolute atomic E-state index is 14.7. The Hall–Kier alpha value is -3.85. The molecule has 0 fully saturated rings. The van der Waals surface area contributed by atoms with Crippen LogP contribution in [0.25, 0.3) is 33.4 Å². The second-order valence-corrected chi connectivity index (χ2v) is 8.39. The van der Waals surface area contributed by atoms with E-state index in [0.717, 1.165) is 23.4 Å². The fourth-order valence-electron chi connectivity index (χ4n) is 3.61. The number of nitrogens with one attached hydrogen (secondary N) is 4. The quantitative estimate of drug-likeness (QED) is 0.304. The molecule has 0 radical (unpaired) electrons.